The van der Waals surface area contributed by atoms with Gasteiger partial charge < -0.3 is 22.1 Å². The largest absolute Gasteiger partial charge is 0.364 e. The second-order valence-electron chi connectivity index (χ2n) is 6.70. The van der Waals surface area contributed by atoms with E-state index in [1.807, 2.05) is 29.6 Å². The Bertz CT molecular complexity index is 940. The molecule has 0 bridgehead atoms. The van der Waals surface area contributed by atoms with Gasteiger partial charge in [0.25, 0.3) is 5.91 Å². The van der Waals surface area contributed by atoms with Crippen molar-refractivity contribution in [3.8, 4) is 0 Å². The molecule has 2 aromatic heterocycles. The third-order valence-corrected chi connectivity index (χ3v) is 4.91. The molecular weight excluding hydrogens is 362 g/mol. The summed E-state index contributed by atoms with van der Waals surface area (Å²) in [6, 6.07) is 7.95. The van der Waals surface area contributed by atoms with Crippen LogP contribution in [0.2, 0.25) is 0 Å². The molecular formula is C18H23N7OS. The first-order valence-electron chi connectivity index (χ1n) is 8.71. The SMILES string of the molecule is CC(C)C[C@H](CN)Nc1nnc(C(N)=O)c(Nc2ccc3sccc3c2)n1. The molecule has 8 nitrogen and oxygen atoms in total. The number of anilines is 3. The lowest BCUT2D eigenvalue weighted by atomic mass is 10.0. The van der Waals surface area contributed by atoms with Gasteiger partial charge in [-0.1, -0.05) is 13.8 Å². The van der Waals surface area contributed by atoms with Crippen LogP contribution in [0.4, 0.5) is 17.5 Å². The van der Waals surface area contributed by atoms with Gasteiger partial charge in [0, 0.05) is 23.0 Å². The lowest BCUT2D eigenvalue weighted by Crippen LogP contribution is -2.31. The van der Waals surface area contributed by atoms with Crippen molar-refractivity contribution in [2.24, 2.45) is 17.4 Å². The highest BCUT2D eigenvalue weighted by Gasteiger charge is 2.17. The molecule has 0 aliphatic heterocycles. The Kier molecular flexibility index (Phi) is 5.82. The number of nitrogens with two attached hydrogens (primary N) is 2. The number of carbonyl (C=O) groups excluding carboxylic acids is 1. The monoisotopic (exact) mass is 385 g/mol. The van der Waals surface area contributed by atoms with E-state index in [1.54, 1.807) is 11.3 Å². The summed E-state index contributed by atoms with van der Waals surface area (Å²) in [6.45, 7) is 4.68. The summed E-state index contributed by atoms with van der Waals surface area (Å²) < 4.78 is 1.18. The molecule has 3 aromatic rings. The molecule has 1 aromatic carbocycles. The fourth-order valence-corrected chi connectivity index (χ4v) is 3.56. The fraction of sp³-hybridized carbons (Fsp3) is 0.333. The van der Waals surface area contributed by atoms with Crippen LogP contribution in [-0.2, 0) is 0 Å². The highest BCUT2D eigenvalue weighted by molar-refractivity contribution is 7.17. The van der Waals surface area contributed by atoms with Crippen LogP contribution in [0.25, 0.3) is 10.1 Å². The zero-order valence-electron chi connectivity index (χ0n) is 15.3. The van der Waals surface area contributed by atoms with Crippen LogP contribution in [0.5, 0.6) is 0 Å². The van der Waals surface area contributed by atoms with Gasteiger partial charge in [0.2, 0.25) is 5.95 Å². The van der Waals surface area contributed by atoms with E-state index in [0.717, 1.165) is 17.5 Å². The third kappa shape index (κ3) is 4.69. The highest BCUT2D eigenvalue weighted by atomic mass is 32.1. The van der Waals surface area contributed by atoms with E-state index in [4.69, 9.17) is 11.5 Å². The van der Waals surface area contributed by atoms with Gasteiger partial charge in [0.15, 0.2) is 11.5 Å². The lowest BCUT2D eigenvalue weighted by molar-refractivity contribution is 0.0995. The first-order valence-corrected chi connectivity index (χ1v) is 9.59. The van der Waals surface area contributed by atoms with E-state index in [1.165, 1.54) is 4.70 Å². The maximum absolute atomic E-state index is 11.7. The molecule has 2 heterocycles. The summed E-state index contributed by atoms with van der Waals surface area (Å²) in [5.74, 6) is 0.335. The van der Waals surface area contributed by atoms with Crippen molar-refractivity contribution in [2.75, 3.05) is 17.2 Å². The topological polar surface area (TPSA) is 132 Å². The van der Waals surface area contributed by atoms with Gasteiger partial charge in [-0.2, -0.15) is 4.98 Å². The number of thiophene rings is 1. The average molecular weight is 385 g/mol. The first kappa shape index (κ1) is 19.0. The second kappa shape index (κ2) is 8.28. The van der Waals surface area contributed by atoms with Gasteiger partial charge >= 0.3 is 0 Å². The Labute approximate surface area is 161 Å². The number of aromatic nitrogens is 3. The first-order chi connectivity index (χ1) is 13.0. The molecule has 27 heavy (non-hydrogen) atoms. The number of nitrogens with zero attached hydrogens (tertiary/aromatic N) is 3. The predicted octanol–water partition coefficient (Wildman–Crippen LogP) is 2.71. The Hall–Kier alpha value is -2.78. The van der Waals surface area contributed by atoms with Crippen LogP contribution in [0.15, 0.2) is 29.6 Å². The van der Waals surface area contributed by atoms with Crippen molar-refractivity contribution in [1.29, 1.82) is 0 Å². The summed E-state index contributed by atoms with van der Waals surface area (Å²) >= 11 is 1.67. The molecule has 0 fully saturated rings. The molecule has 0 saturated carbocycles. The number of primary amides is 1. The zero-order valence-corrected chi connectivity index (χ0v) is 16.1. The second-order valence-corrected chi connectivity index (χ2v) is 7.65. The van der Waals surface area contributed by atoms with Gasteiger partial charge in [-0.3, -0.25) is 4.79 Å². The van der Waals surface area contributed by atoms with Crippen LogP contribution in [0.3, 0.4) is 0 Å². The number of benzene rings is 1. The summed E-state index contributed by atoms with van der Waals surface area (Å²) in [5, 5.41) is 17.3. The summed E-state index contributed by atoms with van der Waals surface area (Å²) in [4.78, 5) is 16.1. The molecule has 6 N–H and O–H groups in total. The predicted molar refractivity (Wildman–Crippen MR) is 109 cm³/mol. The molecule has 0 saturated heterocycles. The third-order valence-electron chi connectivity index (χ3n) is 4.01. The van der Waals surface area contributed by atoms with Crippen molar-refractivity contribution < 1.29 is 4.79 Å². The number of hydrogen-bond acceptors (Lipinski definition) is 8. The molecule has 142 valence electrons. The number of amides is 1. The minimum Gasteiger partial charge on any atom is -0.364 e. The number of rotatable bonds is 8. The number of hydrogen-bond donors (Lipinski definition) is 4. The smallest absolute Gasteiger partial charge is 0.273 e. The van der Waals surface area contributed by atoms with Crippen LogP contribution in [0.1, 0.15) is 30.8 Å². The molecule has 0 aliphatic carbocycles. The highest BCUT2D eigenvalue weighted by Crippen LogP contribution is 2.26. The van der Waals surface area contributed by atoms with Crippen molar-refractivity contribution >= 4 is 44.8 Å². The van der Waals surface area contributed by atoms with E-state index in [2.05, 4.69) is 39.7 Å². The Morgan fingerprint density at radius 3 is 2.78 bits per heavy atom. The number of carbonyl (C=O) groups is 1. The van der Waals surface area contributed by atoms with Crippen LogP contribution >= 0.6 is 11.3 Å². The van der Waals surface area contributed by atoms with Gasteiger partial charge in [0.1, 0.15) is 0 Å². The molecule has 0 radical (unpaired) electrons. The summed E-state index contributed by atoms with van der Waals surface area (Å²) in [7, 11) is 0. The lowest BCUT2D eigenvalue weighted by Gasteiger charge is -2.19. The van der Waals surface area contributed by atoms with Crippen LogP contribution in [-0.4, -0.2) is 33.7 Å². The van der Waals surface area contributed by atoms with Gasteiger partial charge in [-0.25, -0.2) is 0 Å². The average Bonchev–Trinajstić information content (AvgIpc) is 3.08. The van der Waals surface area contributed by atoms with E-state index >= 15 is 0 Å². The van der Waals surface area contributed by atoms with E-state index in [0.29, 0.717) is 18.4 Å². The zero-order chi connectivity index (χ0) is 19.4. The van der Waals surface area contributed by atoms with Crippen LogP contribution < -0.4 is 22.1 Å². The van der Waals surface area contributed by atoms with Crippen molar-refractivity contribution in [2.45, 2.75) is 26.3 Å². The van der Waals surface area contributed by atoms with E-state index in [-0.39, 0.29) is 17.6 Å². The normalized spacial score (nSPS) is 12.3. The molecule has 0 aliphatic rings. The maximum atomic E-state index is 11.7. The van der Waals surface area contributed by atoms with Crippen molar-refractivity contribution in [3.05, 3.63) is 35.3 Å². The molecule has 3 rings (SSSR count). The van der Waals surface area contributed by atoms with Gasteiger partial charge in [-0.15, -0.1) is 21.5 Å². The molecule has 1 amide bonds. The van der Waals surface area contributed by atoms with Crippen LogP contribution in [0, 0.1) is 5.92 Å². The van der Waals surface area contributed by atoms with Crippen molar-refractivity contribution in [1.82, 2.24) is 15.2 Å². The van der Waals surface area contributed by atoms with Crippen molar-refractivity contribution in [3.63, 3.8) is 0 Å². The Balaban J connectivity index is 1.88. The van der Waals surface area contributed by atoms with Gasteiger partial charge in [-0.05, 0) is 47.4 Å². The van der Waals surface area contributed by atoms with E-state index < -0.39 is 5.91 Å². The number of fused-ring (bicyclic) bond motifs is 1. The summed E-state index contributed by atoms with van der Waals surface area (Å²) in [5.41, 5.74) is 12.0. The summed E-state index contributed by atoms with van der Waals surface area (Å²) in [6.07, 6.45) is 0.870. The molecule has 1 atom stereocenters. The Morgan fingerprint density at radius 1 is 1.26 bits per heavy atom. The minimum absolute atomic E-state index is 0.0147. The molecule has 9 heteroatoms. The minimum atomic E-state index is -0.696. The molecule has 0 unspecified atom stereocenters. The number of nitrogens with one attached hydrogen (secondary N) is 2. The standard InChI is InChI=1S/C18H23N7OS/c1-10(2)7-13(9-19)22-18-23-17(15(16(20)26)24-25-18)21-12-3-4-14-11(8-12)5-6-27-14/h3-6,8,10,13H,7,9,19H2,1-2H3,(H2,20,26)(H2,21,22,23,25)/t13-/m1/s1. The van der Waals surface area contributed by atoms with Gasteiger partial charge in [0.05, 0.1) is 0 Å². The van der Waals surface area contributed by atoms with E-state index in [9.17, 15) is 4.79 Å². The Morgan fingerprint density at radius 2 is 2.07 bits per heavy atom. The maximum Gasteiger partial charge on any atom is 0.273 e. The quantitative estimate of drug-likeness (QED) is 0.469. The molecule has 0 spiro atoms. The fourth-order valence-electron chi connectivity index (χ4n) is 2.79.